The molecule has 0 saturated carbocycles. The molecule has 20 heavy (non-hydrogen) atoms. The Kier molecular flexibility index (Phi) is 4.83. The fourth-order valence-electron chi connectivity index (χ4n) is 1.65. The largest absolute Gasteiger partial charge is 0.488 e. The number of nitrogens with one attached hydrogen (secondary N) is 1. The summed E-state index contributed by atoms with van der Waals surface area (Å²) in [6.07, 6.45) is 0. The quantitative estimate of drug-likeness (QED) is 0.739. The van der Waals surface area contributed by atoms with Crippen LogP contribution in [0, 0.1) is 0 Å². The standard InChI is InChI=1S/C13H10BBrClNO3/c15-10-6-8(5-9(7-10)14(19)20)13(18)17-12-4-2-1-3-11(12)16/h1-7,19-20H,(H,17,18). The summed E-state index contributed by atoms with van der Waals surface area (Å²) >= 11 is 9.19. The Hall–Kier alpha value is -1.34. The van der Waals surface area contributed by atoms with Crippen molar-refractivity contribution in [3.8, 4) is 0 Å². The Bertz CT molecular complexity index is 651. The SMILES string of the molecule is O=C(Nc1ccccc1Cl)c1cc(Br)cc(B(O)O)c1. The number of amides is 1. The molecule has 0 unspecified atom stereocenters. The van der Waals surface area contributed by atoms with Gasteiger partial charge in [0, 0.05) is 10.0 Å². The molecule has 0 spiro atoms. The lowest BCUT2D eigenvalue weighted by atomic mass is 9.79. The van der Waals surface area contributed by atoms with Crippen molar-refractivity contribution in [1.29, 1.82) is 0 Å². The van der Waals surface area contributed by atoms with Crippen molar-refractivity contribution in [2.75, 3.05) is 5.32 Å². The van der Waals surface area contributed by atoms with Gasteiger partial charge in [-0.2, -0.15) is 0 Å². The minimum absolute atomic E-state index is 0.226. The van der Waals surface area contributed by atoms with E-state index in [1.807, 2.05) is 0 Å². The van der Waals surface area contributed by atoms with Gasteiger partial charge >= 0.3 is 7.12 Å². The molecule has 7 heteroatoms. The molecule has 0 saturated heterocycles. The fourth-order valence-corrected chi connectivity index (χ4v) is 2.34. The molecule has 0 radical (unpaired) electrons. The van der Waals surface area contributed by atoms with Crippen molar-refractivity contribution in [2.45, 2.75) is 0 Å². The van der Waals surface area contributed by atoms with Crippen LogP contribution >= 0.6 is 27.5 Å². The van der Waals surface area contributed by atoms with Crippen LogP contribution in [0.1, 0.15) is 10.4 Å². The lowest BCUT2D eigenvalue weighted by molar-refractivity contribution is 0.102. The van der Waals surface area contributed by atoms with Crippen molar-refractivity contribution in [2.24, 2.45) is 0 Å². The number of halogens is 2. The van der Waals surface area contributed by atoms with E-state index in [4.69, 9.17) is 11.6 Å². The summed E-state index contributed by atoms with van der Waals surface area (Å²) in [6.45, 7) is 0. The summed E-state index contributed by atoms with van der Waals surface area (Å²) in [7, 11) is -1.64. The average Bonchev–Trinajstić information content (AvgIpc) is 2.40. The maximum Gasteiger partial charge on any atom is 0.488 e. The number of benzene rings is 2. The van der Waals surface area contributed by atoms with Crippen LogP contribution < -0.4 is 10.8 Å². The van der Waals surface area contributed by atoms with Crippen LogP contribution in [0.4, 0.5) is 5.69 Å². The summed E-state index contributed by atoms with van der Waals surface area (Å²) in [5, 5.41) is 21.4. The molecule has 2 aromatic rings. The number of hydrogen-bond donors (Lipinski definition) is 3. The van der Waals surface area contributed by atoms with E-state index < -0.39 is 7.12 Å². The molecule has 0 atom stereocenters. The third-order valence-corrected chi connectivity index (χ3v) is 3.39. The predicted octanol–water partition coefficient (Wildman–Crippen LogP) is 2.03. The highest BCUT2D eigenvalue weighted by molar-refractivity contribution is 9.10. The zero-order valence-corrected chi connectivity index (χ0v) is 12.5. The highest BCUT2D eigenvalue weighted by atomic mass is 79.9. The number of para-hydroxylation sites is 1. The van der Waals surface area contributed by atoms with E-state index in [0.29, 0.717) is 20.7 Å². The van der Waals surface area contributed by atoms with E-state index in [1.54, 1.807) is 30.3 Å². The zero-order chi connectivity index (χ0) is 14.7. The Morgan fingerprint density at radius 1 is 1.20 bits per heavy atom. The average molecular weight is 354 g/mol. The van der Waals surface area contributed by atoms with Crippen molar-refractivity contribution < 1.29 is 14.8 Å². The molecule has 0 aromatic heterocycles. The van der Waals surface area contributed by atoms with Gasteiger partial charge in [0.15, 0.2) is 0 Å². The van der Waals surface area contributed by atoms with Crippen molar-refractivity contribution in [3.63, 3.8) is 0 Å². The first kappa shape index (κ1) is 15.1. The monoisotopic (exact) mass is 353 g/mol. The van der Waals surface area contributed by atoms with Crippen LogP contribution in [0.5, 0.6) is 0 Å². The Morgan fingerprint density at radius 3 is 2.55 bits per heavy atom. The van der Waals surface area contributed by atoms with E-state index in [-0.39, 0.29) is 11.4 Å². The van der Waals surface area contributed by atoms with Gasteiger partial charge in [-0.1, -0.05) is 39.7 Å². The molecule has 0 fully saturated rings. The van der Waals surface area contributed by atoms with Gasteiger partial charge in [0.1, 0.15) is 0 Å². The lowest BCUT2D eigenvalue weighted by Crippen LogP contribution is -2.31. The molecule has 0 aliphatic carbocycles. The number of carbonyl (C=O) groups is 1. The summed E-state index contributed by atoms with van der Waals surface area (Å²) in [4.78, 5) is 12.1. The minimum atomic E-state index is -1.64. The van der Waals surface area contributed by atoms with Gasteiger partial charge in [0.05, 0.1) is 10.7 Å². The molecule has 3 N–H and O–H groups in total. The van der Waals surface area contributed by atoms with Crippen molar-refractivity contribution in [1.82, 2.24) is 0 Å². The van der Waals surface area contributed by atoms with Crippen LogP contribution in [0.15, 0.2) is 46.9 Å². The van der Waals surface area contributed by atoms with E-state index in [9.17, 15) is 14.8 Å². The topological polar surface area (TPSA) is 69.6 Å². The van der Waals surface area contributed by atoms with Crippen LogP contribution in [0.3, 0.4) is 0 Å². The number of carbonyl (C=O) groups excluding carboxylic acids is 1. The summed E-state index contributed by atoms with van der Waals surface area (Å²) < 4.78 is 0.576. The second-order valence-corrected chi connectivity index (χ2v) is 5.40. The number of rotatable bonds is 3. The van der Waals surface area contributed by atoms with Crippen LogP contribution in [0.2, 0.25) is 5.02 Å². The molecule has 0 aliphatic heterocycles. The molecule has 2 rings (SSSR count). The highest BCUT2D eigenvalue weighted by Gasteiger charge is 2.16. The molecule has 4 nitrogen and oxygen atoms in total. The van der Waals surface area contributed by atoms with E-state index in [1.165, 1.54) is 12.1 Å². The molecule has 0 heterocycles. The molecule has 0 bridgehead atoms. The van der Waals surface area contributed by atoms with Gasteiger partial charge < -0.3 is 15.4 Å². The highest BCUT2D eigenvalue weighted by Crippen LogP contribution is 2.21. The molecule has 0 aliphatic rings. The summed E-state index contributed by atoms with van der Waals surface area (Å²) in [5.41, 5.74) is 1.01. The lowest BCUT2D eigenvalue weighted by Gasteiger charge is -2.09. The van der Waals surface area contributed by atoms with Crippen LogP contribution in [0.25, 0.3) is 0 Å². The van der Waals surface area contributed by atoms with Gasteiger partial charge in [0.25, 0.3) is 5.91 Å². The van der Waals surface area contributed by atoms with Crippen molar-refractivity contribution in [3.05, 3.63) is 57.5 Å². The molecular weight excluding hydrogens is 344 g/mol. The maximum absolute atomic E-state index is 12.1. The van der Waals surface area contributed by atoms with Crippen LogP contribution in [-0.2, 0) is 0 Å². The number of anilines is 1. The third-order valence-electron chi connectivity index (χ3n) is 2.60. The van der Waals surface area contributed by atoms with Gasteiger partial charge in [-0.25, -0.2) is 0 Å². The predicted molar refractivity (Wildman–Crippen MR) is 83.4 cm³/mol. The van der Waals surface area contributed by atoms with E-state index in [2.05, 4.69) is 21.2 Å². The molecular formula is C13H10BBrClNO3. The Balaban J connectivity index is 2.28. The fraction of sp³-hybridized carbons (Fsp3) is 0. The van der Waals surface area contributed by atoms with Gasteiger partial charge in [-0.15, -0.1) is 0 Å². The first-order chi connectivity index (χ1) is 9.47. The normalized spacial score (nSPS) is 10.2. The Labute approximate surface area is 129 Å². The van der Waals surface area contributed by atoms with Gasteiger partial charge in [0.2, 0.25) is 0 Å². The molecule has 1 amide bonds. The minimum Gasteiger partial charge on any atom is -0.423 e. The third kappa shape index (κ3) is 3.61. The van der Waals surface area contributed by atoms with Crippen molar-refractivity contribution >= 4 is 51.7 Å². The molecule has 102 valence electrons. The second kappa shape index (κ2) is 6.41. The number of hydrogen-bond acceptors (Lipinski definition) is 3. The zero-order valence-electron chi connectivity index (χ0n) is 10.2. The van der Waals surface area contributed by atoms with Crippen LogP contribution in [-0.4, -0.2) is 23.1 Å². The second-order valence-electron chi connectivity index (χ2n) is 4.08. The Morgan fingerprint density at radius 2 is 1.90 bits per heavy atom. The van der Waals surface area contributed by atoms with Gasteiger partial charge in [-0.3, -0.25) is 4.79 Å². The smallest absolute Gasteiger partial charge is 0.423 e. The molecule has 2 aromatic carbocycles. The van der Waals surface area contributed by atoms with E-state index >= 15 is 0 Å². The van der Waals surface area contributed by atoms with E-state index in [0.717, 1.165) is 0 Å². The maximum atomic E-state index is 12.1. The first-order valence-electron chi connectivity index (χ1n) is 5.70. The summed E-state index contributed by atoms with van der Waals surface area (Å²) in [6, 6.07) is 11.4. The van der Waals surface area contributed by atoms with Gasteiger partial charge in [-0.05, 0) is 35.8 Å². The summed E-state index contributed by atoms with van der Waals surface area (Å²) in [5.74, 6) is -0.388. The first-order valence-corrected chi connectivity index (χ1v) is 6.87.